The summed E-state index contributed by atoms with van der Waals surface area (Å²) in [5, 5.41) is 6.59. The van der Waals surface area contributed by atoms with Crippen LogP contribution in [-0.4, -0.2) is 31.7 Å². The summed E-state index contributed by atoms with van der Waals surface area (Å²) in [5.41, 5.74) is 4.23. The fourth-order valence-electron chi connectivity index (χ4n) is 3.35. The van der Waals surface area contributed by atoms with E-state index in [0.717, 1.165) is 30.4 Å². The number of ether oxygens (including phenoxy) is 2. The lowest BCUT2D eigenvalue weighted by Gasteiger charge is -2.11. The zero-order valence-corrected chi connectivity index (χ0v) is 20.3. The van der Waals surface area contributed by atoms with Crippen LogP contribution >= 0.6 is 0 Å². The molecule has 0 heterocycles. The summed E-state index contributed by atoms with van der Waals surface area (Å²) in [6.45, 7) is 2.54. The first-order valence-corrected chi connectivity index (χ1v) is 12.1. The number of nitrogens with zero attached hydrogens (tertiary/aromatic N) is 1. The van der Waals surface area contributed by atoms with Crippen LogP contribution in [0.25, 0.3) is 0 Å². The first kappa shape index (κ1) is 26.9. The van der Waals surface area contributed by atoms with Gasteiger partial charge in [0, 0.05) is 6.42 Å². The summed E-state index contributed by atoms with van der Waals surface area (Å²) in [6.07, 6.45) is 10.0. The summed E-state index contributed by atoms with van der Waals surface area (Å²) in [4.78, 5) is 23.8. The van der Waals surface area contributed by atoms with Crippen LogP contribution in [0.1, 0.15) is 69.4 Å². The van der Waals surface area contributed by atoms with Crippen molar-refractivity contribution in [3.05, 3.63) is 59.7 Å². The van der Waals surface area contributed by atoms with Crippen LogP contribution in [0.15, 0.2) is 53.6 Å². The highest BCUT2D eigenvalue weighted by atomic mass is 16.5. The van der Waals surface area contributed by atoms with Crippen molar-refractivity contribution < 1.29 is 19.1 Å². The second kappa shape index (κ2) is 16.3. The number of hydrogen-bond acceptors (Lipinski definition) is 5. The molecule has 2 rings (SSSR count). The highest BCUT2D eigenvalue weighted by molar-refractivity contribution is 5.86. The molecule has 7 heteroatoms. The van der Waals surface area contributed by atoms with Crippen molar-refractivity contribution in [3.63, 3.8) is 0 Å². The number of carbonyl (C=O) groups is 2. The van der Waals surface area contributed by atoms with Crippen molar-refractivity contribution in [2.24, 2.45) is 5.10 Å². The summed E-state index contributed by atoms with van der Waals surface area (Å²) < 4.78 is 11.3. The van der Waals surface area contributed by atoms with Crippen LogP contribution < -0.4 is 20.2 Å². The molecule has 2 aromatic rings. The lowest BCUT2D eigenvalue weighted by atomic mass is 10.1. The van der Waals surface area contributed by atoms with Crippen LogP contribution in [0.3, 0.4) is 0 Å². The van der Waals surface area contributed by atoms with Gasteiger partial charge >= 0.3 is 0 Å². The fraction of sp³-hybridized carbons (Fsp3) is 0.444. The minimum Gasteiger partial charge on any atom is -0.493 e. The van der Waals surface area contributed by atoms with Gasteiger partial charge in [0.05, 0.1) is 19.9 Å². The van der Waals surface area contributed by atoms with E-state index in [1.165, 1.54) is 31.9 Å². The van der Waals surface area contributed by atoms with E-state index >= 15 is 0 Å². The van der Waals surface area contributed by atoms with Gasteiger partial charge < -0.3 is 14.8 Å². The van der Waals surface area contributed by atoms with Gasteiger partial charge in [-0.1, -0.05) is 75.8 Å². The fourth-order valence-corrected chi connectivity index (χ4v) is 3.35. The average Bonchev–Trinajstić information content (AvgIpc) is 2.86. The van der Waals surface area contributed by atoms with E-state index in [4.69, 9.17) is 9.47 Å². The highest BCUT2D eigenvalue weighted by Crippen LogP contribution is 2.28. The summed E-state index contributed by atoms with van der Waals surface area (Å²) >= 11 is 0. The Morgan fingerprint density at radius 2 is 1.65 bits per heavy atom. The first-order valence-electron chi connectivity index (χ1n) is 12.1. The molecule has 0 spiro atoms. The quantitative estimate of drug-likeness (QED) is 0.207. The third kappa shape index (κ3) is 11.0. The van der Waals surface area contributed by atoms with Gasteiger partial charge in [-0.2, -0.15) is 5.10 Å². The lowest BCUT2D eigenvalue weighted by molar-refractivity contribution is -0.126. The molecule has 0 atom stereocenters. The molecule has 0 bridgehead atoms. The summed E-state index contributed by atoms with van der Waals surface area (Å²) in [5.74, 6) is 0.711. The van der Waals surface area contributed by atoms with Gasteiger partial charge in [-0.25, -0.2) is 5.43 Å². The molecular formula is C27H37N3O4. The van der Waals surface area contributed by atoms with E-state index in [1.54, 1.807) is 19.2 Å². The molecule has 2 amide bonds. The van der Waals surface area contributed by atoms with E-state index < -0.39 is 0 Å². The van der Waals surface area contributed by atoms with E-state index in [0.29, 0.717) is 24.5 Å². The van der Waals surface area contributed by atoms with Gasteiger partial charge in [-0.3, -0.25) is 9.59 Å². The predicted molar refractivity (Wildman–Crippen MR) is 135 cm³/mol. The zero-order chi connectivity index (χ0) is 24.4. The molecule has 0 unspecified atom stereocenters. The third-order valence-corrected chi connectivity index (χ3v) is 5.28. The number of amides is 2. The maximum absolute atomic E-state index is 11.9. The van der Waals surface area contributed by atoms with Crippen molar-refractivity contribution in [3.8, 4) is 11.5 Å². The summed E-state index contributed by atoms with van der Waals surface area (Å²) in [6, 6.07) is 15.3. The Morgan fingerprint density at radius 3 is 2.38 bits per heavy atom. The Hall–Kier alpha value is -3.35. The largest absolute Gasteiger partial charge is 0.493 e. The van der Waals surface area contributed by atoms with Gasteiger partial charge in [0.2, 0.25) is 5.91 Å². The second-order valence-electron chi connectivity index (χ2n) is 8.13. The minimum absolute atomic E-state index is 0.0950. The van der Waals surface area contributed by atoms with Crippen LogP contribution in [0.2, 0.25) is 0 Å². The molecule has 34 heavy (non-hydrogen) atoms. The number of benzene rings is 2. The molecule has 184 valence electrons. The van der Waals surface area contributed by atoms with Gasteiger partial charge in [0.25, 0.3) is 5.91 Å². The molecular weight excluding hydrogens is 430 g/mol. The standard InChI is InChI=1S/C27H37N3O4/c1-3-4-5-6-7-8-12-15-26(31)28-20-27(32)30-29-19-23-16-17-24(25(18-23)33-2)34-21-22-13-10-9-11-14-22/h9-11,13-14,16-19H,3-8,12,15,20-21H2,1-2H3,(H,28,31)(H,30,32)/b29-19-. The van der Waals surface area contributed by atoms with Crippen LogP contribution in [0, 0.1) is 0 Å². The number of hydrogen-bond donors (Lipinski definition) is 2. The van der Waals surface area contributed by atoms with Gasteiger partial charge in [0.1, 0.15) is 6.61 Å². The van der Waals surface area contributed by atoms with E-state index in [2.05, 4.69) is 22.8 Å². The maximum atomic E-state index is 11.9. The molecule has 0 aliphatic rings. The number of methoxy groups -OCH3 is 1. The summed E-state index contributed by atoms with van der Waals surface area (Å²) in [7, 11) is 1.57. The second-order valence-corrected chi connectivity index (χ2v) is 8.13. The first-order chi connectivity index (χ1) is 16.6. The monoisotopic (exact) mass is 467 g/mol. The number of rotatable bonds is 16. The van der Waals surface area contributed by atoms with Gasteiger partial charge in [-0.05, 0) is 35.7 Å². The van der Waals surface area contributed by atoms with Crippen molar-refractivity contribution >= 4 is 18.0 Å². The molecule has 0 radical (unpaired) electrons. The topological polar surface area (TPSA) is 89.0 Å². The maximum Gasteiger partial charge on any atom is 0.259 e. The molecule has 0 aromatic heterocycles. The average molecular weight is 468 g/mol. The molecule has 0 saturated heterocycles. The molecule has 0 fully saturated rings. The van der Waals surface area contributed by atoms with Crippen LogP contribution in [0.4, 0.5) is 0 Å². The van der Waals surface area contributed by atoms with E-state index in [9.17, 15) is 9.59 Å². The van der Waals surface area contributed by atoms with Gasteiger partial charge in [0.15, 0.2) is 11.5 Å². The Kier molecular flexibility index (Phi) is 12.9. The molecule has 2 N–H and O–H groups in total. The normalized spacial score (nSPS) is 10.8. The van der Waals surface area contributed by atoms with Crippen molar-refractivity contribution in [2.75, 3.05) is 13.7 Å². The number of unbranched alkanes of at least 4 members (excludes halogenated alkanes) is 6. The van der Waals surface area contributed by atoms with E-state index in [-0.39, 0.29) is 18.4 Å². The van der Waals surface area contributed by atoms with E-state index in [1.807, 2.05) is 36.4 Å². The number of hydrazone groups is 1. The molecule has 0 saturated carbocycles. The predicted octanol–water partition coefficient (Wildman–Crippen LogP) is 4.98. The number of nitrogens with one attached hydrogen (secondary N) is 2. The van der Waals surface area contributed by atoms with Crippen molar-refractivity contribution in [1.29, 1.82) is 0 Å². The van der Waals surface area contributed by atoms with Crippen molar-refractivity contribution in [2.45, 2.75) is 64.9 Å². The highest BCUT2D eigenvalue weighted by Gasteiger charge is 2.07. The molecule has 2 aromatic carbocycles. The Labute approximate surface area is 202 Å². The smallest absolute Gasteiger partial charge is 0.259 e. The van der Waals surface area contributed by atoms with Crippen LogP contribution in [-0.2, 0) is 16.2 Å². The number of carbonyl (C=O) groups excluding carboxylic acids is 2. The third-order valence-electron chi connectivity index (χ3n) is 5.28. The Bertz CT molecular complexity index is 900. The van der Waals surface area contributed by atoms with Crippen LogP contribution in [0.5, 0.6) is 11.5 Å². The Morgan fingerprint density at radius 1 is 0.912 bits per heavy atom. The van der Waals surface area contributed by atoms with Gasteiger partial charge in [-0.15, -0.1) is 0 Å². The SMILES string of the molecule is CCCCCCCCCC(=O)NCC(=O)N/N=C\c1ccc(OCc2ccccc2)c(OC)c1. The lowest BCUT2D eigenvalue weighted by Crippen LogP contribution is -2.34. The van der Waals surface area contributed by atoms with Crippen molar-refractivity contribution in [1.82, 2.24) is 10.7 Å². The molecule has 7 nitrogen and oxygen atoms in total. The zero-order valence-electron chi connectivity index (χ0n) is 20.3. The minimum atomic E-state index is -0.376. The Balaban J connectivity index is 1.67. The molecule has 0 aliphatic heterocycles. The molecule has 0 aliphatic carbocycles.